The van der Waals surface area contributed by atoms with Gasteiger partial charge in [0, 0.05) is 0 Å². The molecule has 3 heterocycles. The van der Waals surface area contributed by atoms with Gasteiger partial charge >= 0.3 is 12.0 Å². The van der Waals surface area contributed by atoms with Crippen LogP contribution in [0.3, 0.4) is 0 Å². The minimum absolute atomic E-state index is 0.152. The molecule has 3 aliphatic rings. The van der Waals surface area contributed by atoms with Crippen LogP contribution in [0.25, 0.3) is 0 Å². The van der Waals surface area contributed by atoms with E-state index in [9.17, 15) is 9.59 Å². The molecule has 1 aromatic carbocycles. The number of nitrogens with zero attached hydrogens (tertiary/aromatic N) is 3. The van der Waals surface area contributed by atoms with Crippen molar-refractivity contribution in [3.05, 3.63) is 41.7 Å². The van der Waals surface area contributed by atoms with Crippen molar-refractivity contribution >= 4 is 17.6 Å². The first-order valence-corrected chi connectivity index (χ1v) is 9.82. The van der Waals surface area contributed by atoms with Crippen LogP contribution < -0.4 is 15.0 Å². The molecule has 1 spiro atoms. The number of nitrogens with one attached hydrogen (secondary N) is 1. The van der Waals surface area contributed by atoms with Gasteiger partial charge in [-0.3, -0.25) is 4.79 Å². The van der Waals surface area contributed by atoms with Gasteiger partial charge in [0.15, 0.2) is 0 Å². The number of anilines is 1. The van der Waals surface area contributed by atoms with Crippen molar-refractivity contribution in [2.24, 2.45) is 0 Å². The minimum Gasteiger partial charge on any atom is -0.424 e. The molecule has 29 heavy (non-hydrogen) atoms. The normalized spacial score (nSPS) is 21.5. The first-order valence-electron chi connectivity index (χ1n) is 9.82. The maximum atomic E-state index is 12.4. The second kappa shape index (κ2) is 6.25. The fraction of sp³-hybridized carbons (Fsp3) is 0.429. The lowest BCUT2D eigenvalue weighted by atomic mass is 9.91. The predicted molar refractivity (Wildman–Crippen MR) is 104 cm³/mol. The number of amides is 3. The van der Waals surface area contributed by atoms with Gasteiger partial charge < -0.3 is 14.8 Å². The molecule has 1 aromatic heterocycles. The van der Waals surface area contributed by atoms with Crippen LogP contribution in [-0.2, 0) is 21.7 Å². The summed E-state index contributed by atoms with van der Waals surface area (Å²) in [5, 5.41) is 2.63. The quantitative estimate of drug-likeness (QED) is 0.802. The first kappa shape index (κ1) is 18.1. The molecule has 0 unspecified atom stereocenters. The molecule has 2 aromatic rings. The van der Waals surface area contributed by atoms with E-state index in [0.29, 0.717) is 18.0 Å². The number of benzene rings is 1. The summed E-state index contributed by atoms with van der Waals surface area (Å²) in [5.74, 6) is 0.296. The molecule has 3 amide bonds. The number of carbonyl (C=O) groups excluding carboxylic acids is 2. The minimum atomic E-state index is -0.949. The van der Waals surface area contributed by atoms with Crippen molar-refractivity contribution in [1.29, 1.82) is 0 Å². The van der Waals surface area contributed by atoms with Crippen molar-refractivity contribution < 1.29 is 19.1 Å². The molecule has 0 radical (unpaired) electrons. The Balaban J connectivity index is 1.36. The van der Waals surface area contributed by atoms with E-state index in [1.54, 1.807) is 13.8 Å². The van der Waals surface area contributed by atoms with Gasteiger partial charge in [-0.1, -0.05) is 18.9 Å². The topological polar surface area (TPSA) is 93.7 Å². The lowest BCUT2D eigenvalue weighted by Gasteiger charge is -2.23. The summed E-state index contributed by atoms with van der Waals surface area (Å²) < 4.78 is 12.0. The van der Waals surface area contributed by atoms with E-state index in [1.807, 2.05) is 18.2 Å². The molecule has 1 saturated carbocycles. The Bertz CT molecular complexity index is 996. The number of hydrogen-bond donors (Lipinski definition) is 1. The molecule has 0 atom stereocenters. The van der Waals surface area contributed by atoms with E-state index in [2.05, 4.69) is 15.3 Å². The highest BCUT2D eigenvalue weighted by atomic mass is 16.5. The molecule has 5 rings (SSSR count). The van der Waals surface area contributed by atoms with Crippen LogP contribution in [0.2, 0.25) is 0 Å². The number of fused-ring (bicyclic) bond motifs is 2. The molecular formula is C21H22N4O4. The molecular weight excluding hydrogens is 372 g/mol. The van der Waals surface area contributed by atoms with Gasteiger partial charge in [0.2, 0.25) is 0 Å². The third kappa shape index (κ3) is 2.86. The van der Waals surface area contributed by atoms with Crippen LogP contribution in [0.5, 0.6) is 11.8 Å². The average molecular weight is 394 g/mol. The lowest BCUT2D eigenvalue weighted by Crippen LogP contribution is -2.40. The Morgan fingerprint density at radius 2 is 1.86 bits per heavy atom. The highest BCUT2D eigenvalue weighted by Crippen LogP contribution is 2.49. The SMILES string of the molecule is CC1(C)NC(=O)N(c2cnc(Oc3ccc4c(c3)C3(CCCC3)OC4)nc2)C1=O. The summed E-state index contributed by atoms with van der Waals surface area (Å²) in [6, 6.07) is 5.59. The number of ether oxygens (including phenoxy) is 2. The van der Waals surface area contributed by atoms with Gasteiger partial charge in [0.05, 0.1) is 30.3 Å². The van der Waals surface area contributed by atoms with Crippen LogP contribution in [0, 0.1) is 0 Å². The molecule has 2 aliphatic heterocycles. The highest BCUT2D eigenvalue weighted by molar-refractivity contribution is 6.22. The highest BCUT2D eigenvalue weighted by Gasteiger charge is 2.45. The zero-order valence-electron chi connectivity index (χ0n) is 16.4. The molecule has 1 aliphatic carbocycles. The van der Waals surface area contributed by atoms with Crippen molar-refractivity contribution in [2.45, 2.75) is 57.3 Å². The summed E-state index contributed by atoms with van der Waals surface area (Å²) in [6.45, 7) is 3.95. The Kier molecular flexibility index (Phi) is 3.89. The fourth-order valence-electron chi connectivity index (χ4n) is 4.39. The molecule has 1 N–H and O–H groups in total. The van der Waals surface area contributed by atoms with Gasteiger partial charge in [-0.15, -0.1) is 0 Å². The fourth-order valence-corrected chi connectivity index (χ4v) is 4.39. The van der Waals surface area contributed by atoms with Crippen LogP contribution >= 0.6 is 0 Å². The van der Waals surface area contributed by atoms with Gasteiger partial charge in [0.1, 0.15) is 11.3 Å². The number of carbonyl (C=O) groups is 2. The maximum Gasteiger partial charge on any atom is 0.329 e. The van der Waals surface area contributed by atoms with Crippen LogP contribution in [-0.4, -0.2) is 27.4 Å². The Morgan fingerprint density at radius 3 is 2.52 bits per heavy atom. The second-order valence-electron chi connectivity index (χ2n) is 8.33. The zero-order valence-corrected chi connectivity index (χ0v) is 16.4. The maximum absolute atomic E-state index is 12.4. The van der Waals surface area contributed by atoms with Gasteiger partial charge in [-0.25, -0.2) is 19.7 Å². The van der Waals surface area contributed by atoms with E-state index in [1.165, 1.54) is 36.4 Å². The third-order valence-electron chi connectivity index (χ3n) is 5.93. The number of urea groups is 1. The number of rotatable bonds is 3. The number of hydrogen-bond acceptors (Lipinski definition) is 6. The van der Waals surface area contributed by atoms with Gasteiger partial charge in [-0.2, -0.15) is 0 Å². The van der Waals surface area contributed by atoms with E-state index >= 15 is 0 Å². The number of imide groups is 1. The summed E-state index contributed by atoms with van der Waals surface area (Å²) in [5.41, 5.74) is 1.59. The van der Waals surface area contributed by atoms with Gasteiger partial charge in [0.25, 0.3) is 5.91 Å². The van der Waals surface area contributed by atoms with Crippen molar-refractivity contribution in [3.8, 4) is 11.8 Å². The lowest BCUT2D eigenvalue weighted by molar-refractivity contribution is -0.121. The van der Waals surface area contributed by atoms with Crippen molar-refractivity contribution in [3.63, 3.8) is 0 Å². The first-order chi connectivity index (χ1) is 13.9. The van der Waals surface area contributed by atoms with E-state index in [4.69, 9.17) is 9.47 Å². The summed E-state index contributed by atoms with van der Waals surface area (Å²) in [6.07, 6.45) is 7.25. The summed E-state index contributed by atoms with van der Waals surface area (Å²) in [7, 11) is 0. The molecule has 150 valence electrons. The smallest absolute Gasteiger partial charge is 0.329 e. The summed E-state index contributed by atoms with van der Waals surface area (Å²) in [4.78, 5) is 33.9. The monoisotopic (exact) mass is 394 g/mol. The Hall–Kier alpha value is -3.00. The van der Waals surface area contributed by atoms with Gasteiger partial charge in [-0.05, 0) is 49.9 Å². The third-order valence-corrected chi connectivity index (χ3v) is 5.93. The van der Waals surface area contributed by atoms with E-state index in [-0.39, 0.29) is 17.5 Å². The molecule has 8 heteroatoms. The number of aromatic nitrogens is 2. The van der Waals surface area contributed by atoms with Crippen LogP contribution in [0.4, 0.5) is 10.5 Å². The second-order valence-corrected chi connectivity index (χ2v) is 8.33. The van der Waals surface area contributed by atoms with Crippen molar-refractivity contribution in [2.75, 3.05) is 4.90 Å². The molecule has 8 nitrogen and oxygen atoms in total. The van der Waals surface area contributed by atoms with Crippen molar-refractivity contribution in [1.82, 2.24) is 15.3 Å². The van der Waals surface area contributed by atoms with E-state index in [0.717, 1.165) is 17.7 Å². The van der Waals surface area contributed by atoms with E-state index < -0.39 is 11.6 Å². The largest absolute Gasteiger partial charge is 0.424 e. The van der Waals surface area contributed by atoms with Crippen LogP contribution in [0.15, 0.2) is 30.6 Å². The molecule has 1 saturated heterocycles. The summed E-state index contributed by atoms with van der Waals surface area (Å²) >= 11 is 0. The Labute approximate surface area is 168 Å². The predicted octanol–water partition coefficient (Wildman–Crippen LogP) is 3.40. The standard InChI is InChI=1S/C21H22N4O4/c1-20(2)17(26)25(19(27)24-20)14-10-22-18(23-11-14)29-15-6-5-13-12-28-21(16(13)9-15)7-3-4-8-21/h5-6,9-11H,3-4,7-8,12H2,1-2H3,(H,24,27). The average Bonchev–Trinajstić information content (AvgIpc) is 3.36. The Morgan fingerprint density at radius 1 is 1.14 bits per heavy atom. The molecule has 0 bridgehead atoms. The molecule has 2 fully saturated rings. The van der Waals surface area contributed by atoms with Crippen LogP contribution in [0.1, 0.15) is 50.7 Å². The zero-order chi connectivity index (χ0) is 20.2.